The SMILES string of the molecule is CC1[C@@H]2CCC(C)(C)C1(/C=C/C1(C)OC1C(=O)O)C2. The van der Waals surface area contributed by atoms with Gasteiger partial charge in [-0.3, -0.25) is 0 Å². The predicted octanol–water partition coefficient (Wildman–Crippen LogP) is 3.25. The van der Waals surface area contributed by atoms with E-state index in [9.17, 15) is 4.79 Å². The molecule has 3 heteroatoms. The summed E-state index contributed by atoms with van der Waals surface area (Å²) in [7, 11) is 0. The molecule has 0 radical (unpaired) electrons. The summed E-state index contributed by atoms with van der Waals surface area (Å²) in [5.41, 5.74) is -0.0332. The van der Waals surface area contributed by atoms with Crippen LogP contribution in [0.2, 0.25) is 0 Å². The van der Waals surface area contributed by atoms with Crippen LogP contribution in [0.4, 0.5) is 0 Å². The highest BCUT2D eigenvalue weighted by Gasteiger charge is 2.62. The highest BCUT2D eigenvalue weighted by Crippen LogP contribution is 2.68. The Morgan fingerprint density at radius 2 is 2.00 bits per heavy atom. The molecule has 1 aliphatic heterocycles. The van der Waals surface area contributed by atoms with Crippen molar-refractivity contribution in [1.82, 2.24) is 0 Å². The van der Waals surface area contributed by atoms with Crippen LogP contribution in [0, 0.1) is 22.7 Å². The molecule has 5 atom stereocenters. The number of epoxide rings is 1. The molecule has 4 unspecified atom stereocenters. The number of carbonyl (C=O) groups is 1. The third kappa shape index (κ3) is 1.63. The first-order valence-electron chi connectivity index (χ1n) is 7.33. The quantitative estimate of drug-likeness (QED) is 0.629. The monoisotopic (exact) mass is 264 g/mol. The fourth-order valence-corrected chi connectivity index (χ4v) is 4.48. The maximum atomic E-state index is 11.0. The van der Waals surface area contributed by atoms with Gasteiger partial charge in [0.1, 0.15) is 5.60 Å². The summed E-state index contributed by atoms with van der Waals surface area (Å²) >= 11 is 0. The molecule has 1 heterocycles. The molecule has 106 valence electrons. The zero-order valence-corrected chi connectivity index (χ0v) is 12.3. The summed E-state index contributed by atoms with van der Waals surface area (Å²) in [6.07, 6.45) is 7.52. The summed E-state index contributed by atoms with van der Waals surface area (Å²) < 4.78 is 5.34. The van der Waals surface area contributed by atoms with Gasteiger partial charge in [0.2, 0.25) is 0 Å². The van der Waals surface area contributed by atoms with Gasteiger partial charge < -0.3 is 9.84 Å². The summed E-state index contributed by atoms with van der Waals surface area (Å²) in [5, 5.41) is 9.00. The van der Waals surface area contributed by atoms with Crippen molar-refractivity contribution in [2.75, 3.05) is 0 Å². The second kappa shape index (κ2) is 3.63. The zero-order chi connectivity index (χ0) is 14.1. The lowest BCUT2D eigenvalue weighted by Gasteiger charge is -2.65. The Bertz CT molecular complexity index is 453. The first-order chi connectivity index (χ1) is 8.72. The zero-order valence-electron chi connectivity index (χ0n) is 12.3. The molecule has 2 bridgehead atoms. The van der Waals surface area contributed by atoms with E-state index in [1.807, 2.05) is 13.0 Å². The van der Waals surface area contributed by atoms with Gasteiger partial charge in [0.05, 0.1) is 0 Å². The van der Waals surface area contributed by atoms with Crippen LogP contribution in [-0.4, -0.2) is 22.8 Å². The van der Waals surface area contributed by atoms with Crippen molar-refractivity contribution in [2.24, 2.45) is 22.7 Å². The molecule has 3 aliphatic carbocycles. The van der Waals surface area contributed by atoms with Gasteiger partial charge >= 0.3 is 5.97 Å². The standard InChI is InChI=1S/C16H24O3/c1-10-11-5-6-14(2,3)16(10,9-11)8-7-15(4)12(19-15)13(17)18/h7-8,10-12H,5-6,9H2,1-4H3,(H,17,18)/b8-7+/t10?,11-,12?,15?,16?/m1/s1. The van der Waals surface area contributed by atoms with Gasteiger partial charge in [-0.15, -0.1) is 0 Å². The second-order valence-electron chi connectivity index (χ2n) is 7.57. The van der Waals surface area contributed by atoms with Crippen molar-refractivity contribution in [2.45, 2.75) is 58.7 Å². The van der Waals surface area contributed by atoms with Crippen molar-refractivity contribution in [3.63, 3.8) is 0 Å². The van der Waals surface area contributed by atoms with Gasteiger partial charge in [0, 0.05) is 0 Å². The number of rotatable bonds is 3. The molecule has 19 heavy (non-hydrogen) atoms. The molecule has 4 aliphatic rings. The van der Waals surface area contributed by atoms with Crippen LogP contribution in [0.3, 0.4) is 0 Å². The van der Waals surface area contributed by atoms with Crippen LogP contribution < -0.4 is 0 Å². The predicted molar refractivity (Wildman–Crippen MR) is 72.8 cm³/mol. The molecule has 0 aromatic heterocycles. The van der Waals surface area contributed by atoms with Crippen molar-refractivity contribution >= 4 is 5.97 Å². The van der Waals surface area contributed by atoms with Crippen LogP contribution in [0.1, 0.15) is 47.0 Å². The summed E-state index contributed by atoms with van der Waals surface area (Å²) in [4.78, 5) is 11.0. The summed E-state index contributed by atoms with van der Waals surface area (Å²) in [6.45, 7) is 8.93. The largest absolute Gasteiger partial charge is 0.479 e. The Kier molecular flexibility index (Phi) is 2.52. The number of fused-ring (bicyclic) bond motifs is 2. The Hall–Kier alpha value is -0.830. The van der Waals surface area contributed by atoms with E-state index >= 15 is 0 Å². The van der Waals surface area contributed by atoms with Crippen LogP contribution in [0.25, 0.3) is 0 Å². The maximum absolute atomic E-state index is 11.0. The van der Waals surface area contributed by atoms with Crippen molar-refractivity contribution < 1.29 is 14.6 Å². The molecule has 0 aromatic carbocycles. The number of aliphatic carboxylic acids is 1. The van der Waals surface area contributed by atoms with E-state index in [1.54, 1.807) is 0 Å². The lowest BCUT2D eigenvalue weighted by molar-refractivity contribution is -0.138. The topological polar surface area (TPSA) is 49.8 Å². The fourth-order valence-electron chi connectivity index (χ4n) is 4.48. The minimum absolute atomic E-state index is 0.244. The van der Waals surface area contributed by atoms with E-state index in [2.05, 4.69) is 26.8 Å². The van der Waals surface area contributed by atoms with Crippen molar-refractivity contribution in [3.8, 4) is 0 Å². The van der Waals surface area contributed by atoms with Gasteiger partial charge in [-0.05, 0) is 48.9 Å². The number of hydrogen-bond donors (Lipinski definition) is 1. The number of carboxylic acid groups (broad SMARTS) is 1. The number of allylic oxidation sites excluding steroid dienone is 1. The number of hydrogen-bond acceptors (Lipinski definition) is 2. The molecule has 4 rings (SSSR count). The molecular formula is C16H24O3. The van der Waals surface area contributed by atoms with E-state index in [4.69, 9.17) is 9.84 Å². The average molecular weight is 264 g/mol. The van der Waals surface area contributed by atoms with Crippen LogP contribution in [-0.2, 0) is 9.53 Å². The third-order valence-electron chi connectivity index (χ3n) is 6.29. The Balaban J connectivity index is 1.81. The Morgan fingerprint density at radius 1 is 1.32 bits per heavy atom. The number of carboxylic acids is 1. The maximum Gasteiger partial charge on any atom is 0.336 e. The lowest BCUT2D eigenvalue weighted by Crippen LogP contribution is -2.58. The average Bonchev–Trinajstić information content (AvgIpc) is 2.99. The van der Waals surface area contributed by atoms with Crippen LogP contribution in [0.15, 0.2) is 12.2 Å². The molecule has 4 fully saturated rings. The lowest BCUT2D eigenvalue weighted by atomic mass is 9.39. The molecule has 0 amide bonds. The van der Waals surface area contributed by atoms with E-state index in [1.165, 1.54) is 19.3 Å². The summed E-state index contributed by atoms with van der Waals surface area (Å²) in [5.74, 6) is 0.714. The highest BCUT2D eigenvalue weighted by molar-refractivity contribution is 5.77. The second-order valence-corrected chi connectivity index (χ2v) is 7.57. The minimum atomic E-state index is -0.855. The molecule has 3 nitrogen and oxygen atoms in total. The molecule has 0 aromatic rings. The van der Waals surface area contributed by atoms with E-state index in [-0.39, 0.29) is 5.41 Å². The van der Waals surface area contributed by atoms with Crippen LogP contribution >= 0.6 is 0 Å². The van der Waals surface area contributed by atoms with Gasteiger partial charge in [-0.25, -0.2) is 4.79 Å². The third-order valence-corrected chi connectivity index (χ3v) is 6.29. The van der Waals surface area contributed by atoms with Crippen LogP contribution in [0.5, 0.6) is 0 Å². The van der Waals surface area contributed by atoms with E-state index < -0.39 is 17.7 Å². The Labute approximate surface area is 115 Å². The van der Waals surface area contributed by atoms with E-state index in [0.29, 0.717) is 11.3 Å². The van der Waals surface area contributed by atoms with Gasteiger partial charge in [-0.1, -0.05) is 32.9 Å². The highest BCUT2D eigenvalue weighted by atomic mass is 16.6. The van der Waals surface area contributed by atoms with Crippen molar-refractivity contribution in [1.29, 1.82) is 0 Å². The molecule has 1 saturated heterocycles. The fraction of sp³-hybridized carbons (Fsp3) is 0.812. The first-order valence-corrected chi connectivity index (χ1v) is 7.33. The van der Waals surface area contributed by atoms with Crippen molar-refractivity contribution in [3.05, 3.63) is 12.2 Å². The smallest absolute Gasteiger partial charge is 0.336 e. The minimum Gasteiger partial charge on any atom is -0.479 e. The molecule has 3 saturated carbocycles. The van der Waals surface area contributed by atoms with Gasteiger partial charge in [0.15, 0.2) is 6.10 Å². The first kappa shape index (κ1) is 13.2. The van der Waals surface area contributed by atoms with Gasteiger partial charge in [0.25, 0.3) is 0 Å². The molecule has 1 N–H and O–H groups in total. The van der Waals surface area contributed by atoms with E-state index in [0.717, 1.165) is 5.92 Å². The summed E-state index contributed by atoms with van der Waals surface area (Å²) in [6, 6.07) is 0. The molecule has 0 spiro atoms. The van der Waals surface area contributed by atoms with Gasteiger partial charge in [-0.2, -0.15) is 0 Å². The molecular weight excluding hydrogens is 240 g/mol. The number of ether oxygens (including phenoxy) is 1. The Morgan fingerprint density at radius 3 is 2.47 bits per heavy atom. The normalized spacial score (nSPS) is 50.8.